The molecule has 0 aliphatic carbocycles. The molecule has 0 spiro atoms. The maximum absolute atomic E-state index is 14.5. The van der Waals surface area contributed by atoms with E-state index < -0.39 is 32.7 Å². The van der Waals surface area contributed by atoms with Crippen molar-refractivity contribution in [2.24, 2.45) is 0 Å². The molecule has 634 valence electrons. The smallest absolute Gasteiger partial charge is 0.149 e. The van der Waals surface area contributed by atoms with Gasteiger partial charge in [-0.2, -0.15) is 10.5 Å². The lowest BCUT2D eigenvalue weighted by Crippen LogP contribution is -2.36. The highest BCUT2D eigenvalue weighted by molar-refractivity contribution is 6.32. The van der Waals surface area contributed by atoms with E-state index in [-0.39, 0.29) is 11.6 Å². The Morgan fingerprint density at radius 2 is 0.431 bits per heavy atom. The van der Waals surface area contributed by atoms with Crippen LogP contribution in [0.1, 0.15) is 107 Å². The molecule has 0 amide bonds. The van der Waals surface area contributed by atoms with Crippen LogP contribution in [0.5, 0.6) is 0 Å². The third-order valence-electron chi connectivity index (χ3n) is 23.3. The molecule has 0 saturated heterocycles. The van der Waals surface area contributed by atoms with Crippen LogP contribution in [0.2, 0.25) is 15.1 Å². The van der Waals surface area contributed by atoms with Crippen LogP contribution in [0.15, 0.2) is 522 Å². The summed E-state index contributed by atoms with van der Waals surface area (Å²) in [4.78, 5) is 37.4. The average Bonchev–Trinajstić information content (AvgIpc) is 0.759. The molecular formula is C120H92Cl3FN2O4. The molecule has 0 saturated carbocycles. The topological polar surface area (TPSA) is 119 Å². The minimum Gasteiger partial charge on any atom is -0.376 e. The van der Waals surface area contributed by atoms with Gasteiger partial charge >= 0.3 is 0 Å². The van der Waals surface area contributed by atoms with Gasteiger partial charge in [-0.25, -0.2) is 4.39 Å². The molecule has 0 aliphatic heterocycles. The van der Waals surface area contributed by atoms with Gasteiger partial charge in [-0.3, -0.25) is 4.79 Å². The summed E-state index contributed by atoms with van der Waals surface area (Å²) in [6.07, 6.45) is 2.03. The Morgan fingerprint density at radius 3 is 0.662 bits per heavy atom. The van der Waals surface area contributed by atoms with Gasteiger partial charge in [0, 0.05) is 26.2 Å². The third kappa shape index (κ3) is 19.8. The molecule has 0 radical (unpaired) electrons. The van der Waals surface area contributed by atoms with Crippen LogP contribution in [-0.2, 0) is 47.1 Å². The Morgan fingerprint density at radius 1 is 0.246 bits per heavy atom. The molecule has 0 bridgehead atoms. The fraction of sp³-hybridized carbons (Fsp3) is 0.0583. The fourth-order valence-corrected chi connectivity index (χ4v) is 17.9. The molecule has 18 rings (SSSR count). The molecule has 0 unspecified atom stereocenters. The Kier molecular flexibility index (Phi) is 31.8. The molecule has 0 atom stereocenters. The Hall–Kier alpha value is -15.3. The van der Waals surface area contributed by atoms with E-state index in [4.69, 9.17) is 34.8 Å². The van der Waals surface area contributed by atoms with Crippen LogP contribution in [-0.4, -0.2) is 23.5 Å². The molecular weight excluding hydrogens is 1660 g/mol. The second kappa shape index (κ2) is 44.7. The number of aliphatic hydroxyl groups is 1. The number of carbonyl (C=O) groups is 3. The zero-order chi connectivity index (χ0) is 90.9. The first-order valence-corrected chi connectivity index (χ1v) is 43.6. The van der Waals surface area contributed by atoms with E-state index in [0.717, 1.165) is 102 Å². The van der Waals surface area contributed by atoms with Gasteiger partial charge in [-0.15, -0.1) is 0 Å². The van der Waals surface area contributed by atoms with E-state index in [1.807, 2.05) is 491 Å². The van der Waals surface area contributed by atoms with Crippen molar-refractivity contribution in [1.29, 1.82) is 10.5 Å². The van der Waals surface area contributed by atoms with Crippen molar-refractivity contribution in [2.75, 3.05) is 0 Å². The van der Waals surface area contributed by atoms with Crippen molar-refractivity contribution in [3.63, 3.8) is 0 Å². The number of halogens is 4. The van der Waals surface area contributed by atoms with E-state index in [1.165, 1.54) is 6.07 Å². The minimum atomic E-state index is -1.26. The van der Waals surface area contributed by atoms with Crippen LogP contribution < -0.4 is 0 Å². The average molecular weight is 1750 g/mol. The first kappa shape index (κ1) is 92.4. The van der Waals surface area contributed by atoms with Gasteiger partial charge in [0.25, 0.3) is 0 Å². The van der Waals surface area contributed by atoms with Crippen molar-refractivity contribution in [2.45, 2.75) is 39.6 Å². The highest BCUT2D eigenvalue weighted by Gasteiger charge is 2.44. The number of hydrogen-bond donors (Lipinski definition) is 1. The number of nitriles is 2. The third-order valence-corrected chi connectivity index (χ3v) is 24.3. The minimum absolute atomic E-state index is 0.121. The molecule has 18 aromatic rings. The number of carbonyl (C=O) groups excluding carboxylic acids is 3. The van der Waals surface area contributed by atoms with Crippen LogP contribution in [0, 0.1) is 28.5 Å². The lowest BCUT2D eigenvalue weighted by molar-refractivity contribution is -0.120. The highest BCUT2D eigenvalue weighted by Crippen LogP contribution is 2.47. The molecule has 0 fully saturated rings. The predicted molar refractivity (Wildman–Crippen MR) is 526 cm³/mol. The van der Waals surface area contributed by atoms with Crippen molar-refractivity contribution in [3.8, 4) is 12.1 Å². The number of hydrogen-bond acceptors (Lipinski definition) is 6. The van der Waals surface area contributed by atoms with Crippen molar-refractivity contribution in [3.05, 3.63) is 643 Å². The summed E-state index contributed by atoms with van der Waals surface area (Å²) in [5, 5.41) is 33.4. The Labute approximate surface area is 776 Å². The molecule has 0 aromatic heterocycles. The molecule has 1 N–H and O–H groups in total. The van der Waals surface area contributed by atoms with Crippen LogP contribution in [0.25, 0.3) is 0 Å². The quantitative estimate of drug-likeness (QED) is 0.0565. The van der Waals surface area contributed by atoms with Gasteiger partial charge in [-0.1, -0.05) is 532 Å². The Balaban J connectivity index is 0.000000133. The molecule has 130 heavy (non-hydrogen) atoms. The molecule has 0 heterocycles. The number of nitrogens with zero attached hydrogens (tertiary/aromatic N) is 2. The molecule has 10 heteroatoms. The van der Waals surface area contributed by atoms with Crippen LogP contribution >= 0.6 is 34.8 Å². The van der Waals surface area contributed by atoms with E-state index in [1.54, 1.807) is 31.2 Å². The second-order valence-corrected chi connectivity index (χ2v) is 31.9. The zero-order valence-corrected chi connectivity index (χ0v) is 73.7. The number of aldehydes is 2. The number of ketones is 1. The lowest BCUT2D eigenvalue weighted by Gasteiger charge is -2.33. The van der Waals surface area contributed by atoms with Crippen molar-refractivity contribution >= 4 is 53.2 Å². The summed E-state index contributed by atoms with van der Waals surface area (Å²) >= 11 is 19.2. The van der Waals surface area contributed by atoms with Gasteiger partial charge in [0.1, 0.15) is 56.8 Å². The first-order valence-electron chi connectivity index (χ1n) is 42.5. The van der Waals surface area contributed by atoms with Gasteiger partial charge in [0.15, 0.2) is 0 Å². The normalized spacial score (nSPS) is 11.1. The van der Waals surface area contributed by atoms with Gasteiger partial charge in [0.2, 0.25) is 0 Å². The largest absolute Gasteiger partial charge is 0.376 e. The molecule has 0 aliphatic rings. The number of Topliss-reactive ketones (excluding diaryl/α,β-unsaturated/α-hetero) is 1. The summed E-state index contributed by atoms with van der Waals surface area (Å²) < 4.78 is 14.5. The van der Waals surface area contributed by atoms with E-state index in [2.05, 4.69) is 12.1 Å². The SMILES string of the molecule is CC(=O)C(c1ccccc1)(c1ccccc1)c1ccccc1.N#CC(c1ccccc1)(c1ccccc1)c1ccccc1Cl.N#CC(c1ccccc1)(c1ccccc1)c1ccccc1F.O=CC(c1ccccc1)(c1ccccc1)c1ccccc1.O=CC(c1ccccc1)(c1ccccc1)c1ccccc1Cl.OC(c1ccccc1)(c1ccccc1)c1ccccc1Cl. The predicted octanol–water partition coefficient (Wildman–Crippen LogP) is 28.2. The maximum Gasteiger partial charge on any atom is 0.149 e. The van der Waals surface area contributed by atoms with Crippen molar-refractivity contribution in [1.82, 2.24) is 0 Å². The number of benzene rings is 18. The van der Waals surface area contributed by atoms with E-state index >= 15 is 0 Å². The zero-order valence-electron chi connectivity index (χ0n) is 71.4. The number of rotatable bonds is 21. The monoisotopic (exact) mass is 1750 g/mol. The van der Waals surface area contributed by atoms with Gasteiger partial charge in [0.05, 0.1) is 12.1 Å². The van der Waals surface area contributed by atoms with Crippen LogP contribution in [0.4, 0.5) is 4.39 Å². The fourth-order valence-electron chi connectivity index (χ4n) is 17.1. The van der Waals surface area contributed by atoms with Crippen molar-refractivity contribution < 1.29 is 23.9 Å². The first-order chi connectivity index (χ1) is 63.7. The standard InChI is InChI=1S/C21H18O.C20H14ClN.C20H15ClO.C20H14FN.C20H16O.C19H15ClO/c1-17(22)21(18-11-5-2-6-12-18,19-13-7-3-8-14-19)20-15-9-4-10-16-20;3*21-19-14-8-7-13-18(19)20(15-22,16-9-3-1-4-10-16)17-11-5-2-6-12-17;21-16-20(17-10-4-1-5-11-17,18-12-6-2-7-13-18)19-14-8-3-9-15-19;20-18-14-8-7-13-17(18)19(21,15-9-3-1-4-10-15)16-11-5-2-6-12-16/h2-16H,1H3;1-14H;1-15H;1-14H;1-16H;1-14,21H. The molecule has 6 nitrogen and oxygen atoms in total. The van der Waals surface area contributed by atoms with Crippen LogP contribution in [0.3, 0.4) is 0 Å². The lowest BCUT2D eigenvalue weighted by atomic mass is 9.67. The summed E-state index contributed by atoms with van der Waals surface area (Å²) in [6, 6.07) is 171. The Bertz CT molecular complexity index is 6180. The maximum atomic E-state index is 14.5. The highest BCUT2D eigenvalue weighted by atomic mass is 35.5. The summed E-state index contributed by atoms with van der Waals surface area (Å²) in [7, 11) is 0. The summed E-state index contributed by atoms with van der Waals surface area (Å²) in [5.74, 6) is -0.257. The molecule has 18 aromatic carbocycles. The summed E-state index contributed by atoms with van der Waals surface area (Å²) in [6.45, 7) is 1.67. The van der Waals surface area contributed by atoms with Gasteiger partial charge < -0.3 is 14.7 Å². The van der Waals surface area contributed by atoms with Gasteiger partial charge in [-0.05, 0) is 120 Å². The summed E-state index contributed by atoms with van der Waals surface area (Å²) in [5.41, 5.74) is 9.59. The van der Waals surface area contributed by atoms with E-state index in [9.17, 15) is 34.4 Å². The second-order valence-electron chi connectivity index (χ2n) is 30.6. The van der Waals surface area contributed by atoms with E-state index in [0.29, 0.717) is 26.2 Å².